The van der Waals surface area contributed by atoms with Crippen LogP contribution >= 0.6 is 0 Å². The Labute approximate surface area is 655 Å². The van der Waals surface area contributed by atoms with Crippen LogP contribution in [0, 0.1) is 47.4 Å². The first-order valence-corrected chi connectivity index (χ1v) is 38.7. The molecule has 0 saturated carbocycles. The SMILES string of the molecule is C(#Cc1cc(-c2ccc3ccccc3c2)c2ccc3c(C#Cc4ccccc4)cc(-c4ccc5ccccc5c4)c4ccc1c2c34)c1ccccc1.CC(C)(C)c1ccc(C#Cc2cc(-c3ccc4ccccc4c3)c3ccc4c(C#Cc5ccc(C(C)(C)C)cc5)cc(-c5ccc6ccccc6c5)c5ccc2c3c45)cc1. The fourth-order valence-corrected chi connectivity index (χ4v) is 16.5. The van der Waals surface area contributed by atoms with E-state index in [1.807, 2.05) is 36.4 Å². The van der Waals surface area contributed by atoms with Gasteiger partial charge in [-0.2, -0.15) is 0 Å². The lowest BCUT2D eigenvalue weighted by molar-refractivity contribution is 0.590. The maximum atomic E-state index is 3.69. The molecule has 0 heterocycles. The highest BCUT2D eigenvalue weighted by Crippen LogP contribution is 2.48. The summed E-state index contributed by atoms with van der Waals surface area (Å²) in [6.07, 6.45) is 0. The van der Waals surface area contributed by atoms with Crippen molar-refractivity contribution in [2.24, 2.45) is 0 Å². The van der Waals surface area contributed by atoms with Crippen molar-refractivity contribution in [2.75, 3.05) is 0 Å². The Kier molecular flexibility index (Phi) is 17.1. The summed E-state index contributed by atoms with van der Waals surface area (Å²) < 4.78 is 0. The van der Waals surface area contributed by atoms with Crippen molar-refractivity contribution in [2.45, 2.75) is 52.4 Å². The van der Waals surface area contributed by atoms with Gasteiger partial charge >= 0.3 is 0 Å². The molecule has 0 aliphatic rings. The molecule has 0 heteroatoms. The molecule has 0 aliphatic heterocycles. The van der Waals surface area contributed by atoms with Crippen molar-refractivity contribution in [3.05, 3.63) is 407 Å². The molecule has 0 nitrogen and oxygen atoms in total. The molecule has 524 valence electrons. The van der Waals surface area contributed by atoms with Crippen LogP contribution in [0.25, 0.3) is 152 Å². The summed E-state index contributed by atoms with van der Waals surface area (Å²) >= 11 is 0. The lowest BCUT2D eigenvalue weighted by Crippen LogP contribution is -2.10. The molecule has 0 fully saturated rings. The quantitative estimate of drug-likeness (QED) is 0.122. The Morgan fingerprint density at radius 3 is 0.625 bits per heavy atom. The van der Waals surface area contributed by atoms with Gasteiger partial charge in [-0.3, -0.25) is 0 Å². The van der Waals surface area contributed by atoms with Gasteiger partial charge in [0, 0.05) is 44.5 Å². The second-order valence-electron chi connectivity index (χ2n) is 31.7. The maximum Gasteiger partial charge on any atom is 0.0334 e. The van der Waals surface area contributed by atoms with E-state index in [4.69, 9.17) is 0 Å². The average molecular weight is 1420 g/mol. The van der Waals surface area contributed by atoms with Gasteiger partial charge in [0.25, 0.3) is 0 Å². The van der Waals surface area contributed by atoms with Crippen molar-refractivity contribution >= 4 is 108 Å². The predicted octanol–water partition coefficient (Wildman–Crippen LogP) is 28.6. The summed E-state index contributed by atoms with van der Waals surface area (Å²) in [5, 5.41) is 24.2. The van der Waals surface area contributed by atoms with Crippen LogP contribution in [0.1, 0.15) is 97.2 Å². The second kappa shape index (κ2) is 28.1. The Bertz CT molecular complexity index is 6970. The molecule has 0 saturated heterocycles. The van der Waals surface area contributed by atoms with Crippen LogP contribution in [0.15, 0.2) is 352 Å². The van der Waals surface area contributed by atoms with Gasteiger partial charge in [0.15, 0.2) is 0 Å². The third kappa shape index (κ3) is 12.9. The van der Waals surface area contributed by atoms with Crippen LogP contribution in [-0.4, -0.2) is 0 Å². The van der Waals surface area contributed by atoms with Gasteiger partial charge in [-0.15, -0.1) is 0 Å². The largest absolute Gasteiger partial charge is 0.0622 e. The molecular formula is C112H76. The lowest BCUT2D eigenvalue weighted by atomic mass is 9.83. The number of fused-ring (bicyclic) bond motifs is 4. The topological polar surface area (TPSA) is 0 Å². The van der Waals surface area contributed by atoms with Gasteiger partial charge in [-0.25, -0.2) is 0 Å². The van der Waals surface area contributed by atoms with Gasteiger partial charge in [0.2, 0.25) is 0 Å². The molecule has 20 rings (SSSR count). The maximum absolute atomic E-state index is 3.69. The van der Waals surface area contributed by atoms with E-state index in [1.54, 1.807) is 0 Å². The minimum Gasteiger partial charge on any atom is -0.0622 e. The van der Waals surface area contributed by atoms with Crippen LogP contribution in [0.5, 0.6) is 0 Å². The first-order valence-electron chi connectivity index (χ1n) is 38.7. The number of hydrogen-bond donors (Lipinski definition) is 0. The van der Waals surface area contributed by atoms with Crippen LogP contribution < -0.4 is 0 Å². The molecule has 0 aliphatic carbocycles. The van der Waals surface area contributed by atoms with E-state index >= 15 is 0 Å². The minimum absolute atomic E-state index is 0.0820. The molecule has 0 radical (unpaired) electrons. The van der Waals surface area contributed by atoms with Crippen LogP contribution in [0.4, 0.5) is 0 Å². The van der Waals surface area contributed by atoms with Crippen molar-refractivity contribution < 1.29 is 0 Å². The van der Waals surface area contributed by atoms with Crippen molar-refractivity contribution in [3.63, 3.8) is 0 Å². The molecule has 0 amide bonds. The van der Waals surface area contributed by atoms with Crippen molar-refractivity contribution in [1.29, 1.82) is 0 Å². The molecular weight excluding hydrogens is 1350 g/mol. The smallest absolute Gasteiger partial charge is 0.0334 e. The minimum atomic E-state index is 0.0820. The average Bonchev–Trinajstić information content (AvgIpc) is 0.716. The normalized spacial score (nSPS) is 11.6. The van der Waals surface area contributed by atoms with Gasteiger partial charge in [0.05, 0.1) is 0 Å². The zero-order valence-corrected chi connectivity index (χ0v) is 63.5. The van der Waals surface area contributed by atoms with E-state index in [-0.39, 0.29) is 10.8 Å². The first kappa shape index (κ1) is 68.3. The van der Waals surface area contributed by atoms with Crippen LogP contribution in [-0.2, 0) is 10.8 Å². The molecule has 20 aromatic carbocycles. The molecule has 0 N–H and O–H groups in total. The van der Waals surface area contributed by atoms with Crippen molar-refractivity contribution in [1.82, 2.24) is 0 Å². The van der Waals surface area contributed by atoms with Gasteiger partial charge in [0.1, 0.15) is 0 Å². The van der Waals surface area contributed by atoms with E-state index in [0.717, 1.165) is 66.1 Å². The van der Waals surface area contributed by atoms with E-state index in [2.05, 4.69) is 404 Å². The molecule has 0 spiro atoms. The summed E-state index contributed by atoms with van der Waals surface area (Å²) in [4.78, 5) is 0. The Morgan fingerprint density at radius 2 is 0.384 bits per heavy atom. The Hall–Kier alpha value is -14.2. The standard InChI is InChI=1S/C60H46.C52H30/c1-59(2,3)49-27-17-39(18-28-49)15-21-47-37-55(45-25-23-41-11-7-9-13-43(41)35-45)53-34-32-52-48(22-16-40-19-29-50(30-20-40)60(4,5)6)38-56(54-33-31-51(47)57(53)58(52)54)46-26-24-42-12-8-10-14-44(42)36-46;1-3-11-35(12-4-1)19-21-43-33-49(41-25-23-37-15-7-9-17-39(37)31-41)47-30-28-46-44(22-20-36-13-5-2-6-14-36)34-50(48-29-27-45(43)51(47)52(46)48)42-26-24-38-16-8-10-18-40(38)32-42/h7-14,17-20,23-38H,1-6H3;1-18,23-34H. The molecule has 0 bridgehead atoms. The number of rotatable bonds is 4. The fourth-order valence-electron chi connectivity index (χ4n) is 16.5. The molecule has 20 aromatic rings. The van der Waals surface area contributed by atoms with Crippen molar-refractivity contribution in [3.8, 4) is 91.9 Å². The van der Waals surface area contributed by atoms with Crippen LogP contribution in [0.3, 0.4) is 0 Å². The number of benzene rings is 20. The highest BCUT2D eigenvalue weighted by Gasteiger charge is 2.23. The third-order valence-corrected chi connectivity index (χ3v) is 22.5. The molecule has 112 heavy (non-hydrogen) atoms. The third-order valence-electron chi connectivity index (χ3n) is 22.5. The van der Waals surface area contributed by atoms with E-state index in [9.17, 15) is 0 Å². The van der Waals surface area contributed by atoms with Crippen LogP contribution in [0.2, 0.25) is 0 Å². The molecule has 0 atom stereocenters. The zero-order chi connectivity index (χ0) is 75.6. The summed E-state index contributed by atoms with van der Waals surface area (Å²) in [5.41, 5.74) is 20.3. The summed E-state index contributed by atoms with van der Waals surface area (Å²) in [6, 6.07) is 127. The fraction of sp³-hybridized carbons (Fsp3) is 0.0714. The zero-order valence-electron chi connectivity index (χ0n) is 63.5. The summed E-state index contributed by atoms with van der Waals surface area (Å²) in [5.74, 6) is 28.7. The van der Waals surface area contributed by atoms with E-state index in [1.165, 1.54) is 142 Å². The van der Waals surface area contributed by atoms with Gasteiger partial charge in [-0.05, 0) is 271 Å². The molecule has 0 unspecified atom stereocenters. The number of hydrogen-bond acceptors (Lipinski definition) is 0. The van der Waals surface area contributed by atoms with E-state index < -0.39 is 0 Å². The second-order valence-corrected chi connectivity index (χ2v) is 31.7. The highest BCUT2D eigenvalue weighted by atomic mass is 14.3. The highest BCUT2D eigenvalue weighted by molar-refractivity contribution is 6.31. The molecule has 0 aromatic heterocycles. The summed E-state index contributed by atoms with van der Waals surface area (Å²) in [6.45, 7) is 13.5. The Morgan fingerprint density at radius 1 is 0.170 bits per heavy atom. The van der Waals surface area contributed by atoms with Gasteiger partial charge in [-0.1, -0.05) is 344 Å². The summed E-state index contributed by atoms with van der Waals surface area (Å²) in [7, 11) is 0. The lowest BCUT2D eigenvalue weighted by Gasteiger charge is -2.19. The van der Waals surface area contributed by atoms with E-state index in [0.29, 0.717) is 0 Å². The Balaban J connectivity index is 0.000000152. The first-order chi connectivity index (χ1) is 54.7. The predicted molar refractivity (Wildman–Crippen MR) is 479 cm³/mol. The monoisotopic (exact) mass is 1420 g/mol. The van der Waals surface area contributed by atoms with Gasteiger partial charge < -0.3 is 0 Å².